The number of carbonyl (C=O) groups excluding carboxylic acids is 2. The summed E-state index contributed by atoms with van der Waals surface area (Å²) in [6.45, 7) is 73.3. The van der Waals surface area contributed by atoms with Gasteiger partial charge in [0.25, 0.3) is 0 Å². The molecule has 416 valence electrons. The minimum atomic E-state index is -0.550. The minimum Gasteiger partial charge on any atom is -0.458 e. The van der Waals surface area contributed by atoms with Gasteiger partial charge in [-0.25, -0.2) is 0 Å². The third kappa shape index (κ3) is 4.73. The Morgan fingerprint density at radius 3 is 1.05 bits per heavy atom. The first kappa shape index (κ1) is 55.3. The summed E-state index contributed by atoms with van der Waals surface area (Å²) in [5, 5.41) is 0. The molecule has 11 aliphatic rings. The fourth-order valence-corrected chi connectivity index (χ4v) is 28.7. The summed E-state index contributed by atoms with van der Waals surface area (Å²) in [4.78, 5) is 29.6. The molecule has 0 amide bonds. The maximum absolute atomic E-state index is 14.8. The second-order valence-electron chi connectivity index (χ2n) is 35.5. The number of carbonyl (C=O) groups is 2. The van der Waals surface area contributed by atoms with Crippen LogP contribution in [0, 0.1) is 170 Å². The molecule has 10 bridgehead atoms. The van der Waals surface area contributed by atoms with E-state index in [2.05, 4.69) is 208 Å². The molecule has 0 N–H and O–H groups in total. The zero-order valence-corrected chi connectivity index (χ0v) is 53.4. The highest BCUT2D eigenvalue weighted by Crippen LogP contribution is 2.94. The average Bonchev–Trinajstić information content (AvgIpc) is 4.17. The lowest BCUT2D eigenvalue weighted by Crippen LogP contribution is -2.68. The van der Waals surface area contributed by atoms with Gasteiger partial charge in [0, 0.05) is 21.7 Å². The van der Waals surface area contributed by atoms with Crippen molar-refractivity contribution in [1.29, 1.82) is 0 Å². The molecule has 73 heavy (non-hydrogen) atoms. The topological polar surface area (TPSA) is 52.6 Å². The van der Waals surface area contributed by atoms with E-state index in [0.717, 1.165) is 53.3 Å². The van der Waals surface area contributed by atoms with Gasteiger partial charge >= 0.3 is 11.9 Å². The van der Waals surface area contributed by atoms with E-state index in [1.54, 1.807) is 0 Å². The van der Waals surface area contributed by atoms with Crippen LogP contribution in [0.15, 0.2) is 0 Å². The van der Waals surface area contributed by atoms with Crippen LogP contribution in [0.1, 0.15) is 240 Å². The summed E-state index contributed by atoms with van der Waals surface area (Å²) >= 11 is 0. The maximum atomic E-state index is 14.8. The Morgan fingerprint density at radius 2 is 0.699 bits per heavy atom. The maximum Gasteiger partial charge on any atom is 0.312 e. The molecule has 24 atom stereocenters. The summed E-state index contributed by atoms with van der Waals surface area (Å²) in [7, 11) is 0. The Bertz CT molecular complexity index is 2380. The van der Waals surface area contributed by atoms with Crippen molar-refractivity contribution in [2.45, 2.75) is 251 Å². The summed E-state index contributed by atoms with van der Waals surface area (Å²) in [5.41, 5.74) is -2.27. The molecule has 11 saturated carbocycles. The standard InChI is InChI=1S/C35H58O2.C34H58O2/c1-18-19(2)22-16-21(18)25-23-17-24(26(22)25)32(12,20(23)3)27(36)37-35(15)31(10,11)33(13)28(4,5)29(6,7)34(35,14)30(33,8)9;1-16-21-17-19(2)24-22-18-23(25(21)24)31(12,20(22)3)26(35)36-34(15)30(10,11)32(13)27(4,5)28(6,7)33(34,14)29(32,8)9/h18-26H,16-17H2,1-15H3;19-25H,16-18H2,1-15H3. The smallest absolute Gasteiger partial charge is 0.312 e. The van der Waals surface area contributed by atoms with E-state index in [-0.39, 0.29) is 87.7 Å². The highest BCUT2D eigenvalue weighted by atomic mass is 16.6. The molecule has 11 fully saturated rings. The molecule has 0 spiro atoms. The summed E-state index contributed by atoms with van der Waals surface area (Å²) in [6.07, 6.45) is 6.53. The van der Waals surface area contributed by atoms with Gasteiger partial charge < -0.3 is 9.47 Å². The summed E-state index contributed by atoms with van der Waals surface area (Å²) < 4.78 is 14.4. The highest BCUT2D eigenvalue weighted by Gasteiger charge is 2.94. The molecule has 11 rings (SSSR count). The third-order valence-corrected chi connectivity index (χ3v) is 36.1. The Morgan fingerprint density at radius 1 is 0.370 bits per heavy atom. The predicted octanol–water partition coefficient (Wildman–Crippen LogP) is 17.9. The van der Waals surface area contributed by atoms with E-state index in [4.69, 9.17) is 9.47 Å². The van der Waals surface area contributed by atoms with Gasteiger partial charge in [0.05, 0.1) is 10.8 Å². The first-order chi connectivity index (χ1) is 32.7. The van der Waals surface area contributed by atoms with Crippen molar-refractivity contribution in [1.82, 2.24) is 0 Å². The second kappa shape index (κ2) is 14.3. The Balaban J connectivity index is 0.000000168. The average molecular weight is 1010 g/mol. The largest absolute Gasteiger partial charge is 0.458 e. The summed E-state index contributed by atoms with van der Waals surface area (Å²) in [5.74, 6) is 11.6. The van der Waals surface area contributed by atoms with Crippen molar-refractivity contribution < 1.29 is 19.1 Å². The van der Waals surface area contributed by atoms with Crippen LogP contribution in [-0.4, -0.2) is 23.1 Å². The van der Waals surface area contributed by atoms with E-state index >= 15 is 0 Å². The molecular formula is C69H116O4. The minimum absolute atomic E-state index is 0.000762. The van der Waals surface area contributed by atoms with Crippen molar-refractivity contribution in [2.75, 3.05) is 0 Å². The van der Waals surface area contributed by atoms with Gasteiger partial charge in [-0.3, -0.25) is 9.59 Å². The van der Waals surface area contributed by atoms with Crippen molar-refractivity contribution in [3.63, 3.8) is 0 Å². The monoisotopic (exact) mass is 1010 g/mol. The molecule has 4 heteroatoms. The van der Waals surface area contributed by atoms with Gasteiger partial charge in [-0.2, -0.15) is 0 Å². The normalized spacial score (nSPS) is 58.7. The lowest BCUT2D eigenvalue weighted by Gasteiger charge is -2.67. The fourth-order valence-electron chi connectivity index (χ4n) is 28.7. The van der Waals surface area contributed by atoms with Crippen LogP contribution in [0.5, 0.6) is 0 Å². The number of hydrogen-bond acceptors (Lipinski definition) is 4. The number of hydrogen-bond donors (Lipinski definition) is 0. The van der Waals surface area contributed by atoms with Crippen LogP contribution in [0.3, 0.4) is 0 Å². The molecular weight excluding hydrogens is 893 g/mol. The van der Waals surface area contributed by atoms with E-state index < -0.39 is 11.2 Å². The second-order valence-corrected chi connectivity index (χ2v) is 35.5. The number of rotatable bonds is 5. The van der Waals surface area contributed by atoms with Crippen LogP contribution in [0.4, 0.5) is 0 Å². The lowest BCUT2D eigenvalue weighted by atomic mass is 9.40. The molecule has 0 aromatic carbocycles. The van der Waals surface area contributed by atoms with Crippen LogP contribution < -0.4 is 0 Å². The van der Waals surface area contributed by atoms with Crippen molar-refractivity contribution in [2.24, 2.45) is 170 Å². The lowest BCUT2D eigenvalue weighted by molar-refractivity contribution is -0.263. The molecule has 11 aliphatic carbocycles. The van der Waals surface area contributed by atoms with Crippen molar-refractivity contribution in [3.05, 3.63) is 0 Å². The Labute approximate surface area is 450 Å². The number of ether oxygens (including phenoxy) is 2. The van der Waals surface area contributed by atoms with Gasteiger partial charge in [0.1, 0.15) is 11.2 Å². The van der Waals surface area contributed by atoms with E-state index in [9.17, 15) is 9.59 Å². The molecule has 0 radical (unpaired) electrons. The van der Waals surface area contributed by atoms with Crippen LogP contribution in [0.2, 0.25) is 0 Å². The van der Waals surface area contributed by atoms with Crippen molar-refractivity contribution >= 4 is 11.9 Å². The van der Waals surface area contributed by atoms with Crippen LogP contribution in [-0.2, 0) is 19.1 Å². The molecule has 0 heterocycles. The predicted molar refractivity (Wildman–Crippen MR) is 301 cm³/mol. The number of fused-ring (bicyclic) bond motifs is 18. The Hall–Kier alpha value is -1.06. The summed E-state index contributed by atoms with van der Waals surface area (Å²) in [6, 6.07) is 0. The molecule has 0 saturated heterocycles. The van der Waals surface area contributed by atoms with Crippen LogP contribution >= 0.6 is 0 Å². The van der Waals surface area contributed by atoms with E-state index in [0.29, 0.717) is 41.4 Å². The molecule has 0 aromatic rings. The van der Waals surface area contributed by atoms with Gasteiger partial charge in [0.15, 0.2) is 0 Å². The van der Waals surface area contributed by atoms with Crippen molar-refractivity contribution in [3.8, 4) is 0 Å². The zero-order chi connectivity index (χ0) is 55.3. The Kier molecular flexibility index (Phi) is 10.8. The fraction of sp³-hybridized carbons (Fsp3) is 0.971. The number of esters is 2. The zero-order valence-electron chi connectivity index (χ0n) is 53.4. The quantitative estimate of drug-likeness (QED) is 0.203. The van der Waals surface area contributed by atoms with Gasteiger partial charge in [-0.05, 0) is 191 Å². The first-order valence-electron chi connectivity index (χ1n) is 31.1. The first-order valence-corrected chi connectivity index (χ1v) is 31.1. The third-order valence-electron chi connectivity index (χ3n) is 36.1. The van der Waals surface area contributed by atoms with Crippen LogP contribution in [0.25, 0.3) is 0 Å². The molecule has 0 aromatic heterocycles. The molecule has 24 unspecified atom stereocenters. The van der Waals surface area contributed by atoms with Gasteiger partial charge in [-0.1, -0.05) is 186 Å². The van der Waals surface area contributed by atoms with Gasteiger partial charge in [0.2, 0.25) is 0 Å². The SMILES string of the molecule is CC1C(C)C2CC1C1C3CC(C21)C(C)(C(=O)OC1(C)C(C)(C)C2(C)C(C)(C)C(C)(C)C1(C)C2(C)C)C3C.CCC1CC(C)C2C3CC(C12)C(C)(C(=O)OC1(C)C(C)(C)C2(C)C(C)(C)C(C)(C)C1(C)C2(C)C)C3C. The van der Waals surface area contributed by atoms with E-state index in [1.165, 1.54) is 32.1 Å². The van der Waals surface area contributed by atoms with E-state index in [1.807, 2.05) is 0 Å². The molecule has 0 aliphatic heterocycles. The van der Waals surface area contributed by atoms with Gasteiger partial charge in [-0.15, -0.1) is 0 Å². The highest BCUT2D eigenvalue weighted by molar-refractivity contribution is 5.80. The molecule has 4 nitrogen and oxygen atoms in total.